The lowest BCUT2D eigenvalue weighted by molar-refractivity contribution is -0.137. The molecule has 0 saturated heterocycles. The van der Waals surface area contributed by atoms with E-state index in [1.54, 1.807) is 18.2 Å². The van der Waals surface area contributed by atoms with Gasteiger partial charge in [0.2, 0.25) is 5.89 Å². The minimum Gasteiger partial charge on any atom is -0.481 e. The van der Waals surface area contributed by atoms with Crippen molar-refractivity contribution in [2.24, 2.45) is 0 Å². The zero-order valence-electron chi connectivity index (χ0n) is 9.47. The molecule has 0 fully saturated rings. The van der Waals surface area contributed by atoms with E-state index < -0.39 is 5.97 Å². The molecule has 2 rings (SSSR count). The van der Waals surface area contributed by atoms with Crippen molar-refractivity contribution in [3.63, 3.8) is 0 Å². The van der Waals surface area contributed by atoms with Gasteiger partial charge in [-0.2, -0.15) is 4.98 Å². The fraction of sp³-hybridized carbons (Fsp3) is 0.250. The summed E-state index contributed by atoms with van der Waals surface area (Å²) in [5.41, 5.74) is 0.464. The molecular formula is C12H11FN2O3. The van der Waals surface area contributed by atoms with Crippen molar-refractivity contribution in [2.45, 2.75) is 19.3 Å². The van der Waals surface area contributed by atoms with E-state index in [1.807, 2.05) is 0 Å². The van der Waals surface area contributed by atoms with E-state index in [4.69, 9.17) is 9.63 Å². The number of carbonyl (C=O) groups is 1. The van der Waals surface area contributed by atoms with Crippen LogP contribution in [0, 0.1) is 5.82 Å². The zero-order chi connectivity index (χ0) is 13.0. The summed E-state index contributed by atoms with van der Waals surface area (Å²) in [6, 6.07) is 6.32. The van der Waals surface area contributed by atoms with Gasteiger partial charge in [-0.3, -0.25) is 4.79 Å². The molecule has 0 amide bonds. The molecule has 1 aromatic carbocycles. The third-order valence-corrected chi connectivity index (χ3v) is 2.37. The first-order valence-corrected chi connectivity index (χ1v) is 5.42. The largest absolute Gasteiger partial charge is 0.481 e. The van der Waals surface area contributed by atoms with Gasteiger partial charge >= 0.3 is 5.97 Å². The Morgan fingerprint density at radius 1 is 1.39 bits per heavy atom. The number of nitrogens with zero attached hydrogens (tertiary/aromatic N) is 2. The first kappa shape index (κ1) is 12.2. The quantitative estimate of drug-likeness (QED) is 0.875. The fourth-order valence-corrected chi connectivity index (χ4v) is 1.49. The molecule has 18 heavy (non-hydrogen) atoms. The average Bonchev–Trinajstić information content (AvgIpc) is 2.77. The van der Waals surface area contributed by atoms with Crippen molar-refractivity contribution < 1.29 is 18.8 Å². The molecule has 1 heterocycles. The molecule has 0 saturated carbocycles. The molecule has 0 unspecified atom stereocenters. The molecule has 0 spiro atoms. The first-order valence-electron chi connectivity index (χ1n) is 5.42. The number of hydrogen-bond donors (Lipinski definition) is 1. The predicted molar refractivity (Wildman–Crippen MR) is 59.5 cm³/mol. The Labute approximate surface area is 102 Å². The van der Waals surface area contributed by atoms with Crippen LogP contribution in [0.25, 0.3) is 0 Å². The highest BCUT2D eigenvalue weighted by Gasteiger charge is 2.10. The number of aromatic nitrogens is 2. The number of carboxylic acids is 1. The van der Waals surface area contributed by atoms with Gasteiger partial charge in [0.1, 0.15) is 5.82 Å². The van der Waals surface area contributed by atoms with E-state index in [9.17, 15) is 9.18 Å². The molecule has 0 atom stereocenters. The molecule has 0 bridgehead atoms. The van der Waals surface area contributed by atoms with Crippen LogP contribution in [-0.2, 0) is 17.6 Å². The maximum absolute atomic E-state index is 13.4. The summed E-state index contributed by atoms with van der Waals surface area (Å²) < 4.78 is 18.3. The number of halogens is 1. The van der Waals surface area contributed by atoms with Gasteiger partial charge in [-0.25, -0.2) is 4.39 Å². The molecule has 2 aromatic rings. The topological polar surface area (TPSA) is 76.2 Å². The Morgan fingerprint density at radius 2 is 2.17 bits per heavy atom. The Morgan fingerprint density at radius 3 is 2.89 bits per heavy atom. The summed E-state index contributed by atoms with van der Waals surface area (Å²) in [4.78, 5) is 14.4. The third kappa shape index (κ3) is 3.13. The normalized spacial score (nSPS) is 10.5. The van der Waals surface area contributed by atoms with Crippen LogP contribution in [-0.4, -0.2) is 21.2 Å². The summed E-state index contributed by atoms with van der Waals surface area (Å²) in [7, 11) is 0. The lowest BCUT2D eigenvalue weighted by Gasteiger charge is -1.97. The Balaban J connectivity index is 2.02. The lowest BCUT2D eigenvalue weighted by Crippen LogP contribution is -1.99. The summed E-state index contributed by atoms with van der Waals surface area (Å²) >= 11 is 0. The molecule has 0 radical (unpaired) electrons. The molecule has 1 aromatic heterocycles. The average molecular weight is 250 g/mol. The van der Waals surface area contributed by atoms with Crippen LogP contribution in [0.15, 0.2) is 28.8 Å². The van der Waals surface area contributed by atoms with E-state index in [-0.39, 0.29) is 31.0 Å². The zero-order valence-corrected chi connectivity index (χ0v) is 9.47. The van der Waals surface area contributed by atoms with Gasteiger partial charge < -0.3 is 9.63 Å². The summed E-state index contributed by atoms with van der Waals surface area (Å²) in [6.07, 6.45) is 0.349. The first-order chi connectivity index (χ1) is 8.65. The second kappa shape index (κ2) is 5.39. The van der Waals surface area contributed by atoms with Crippen molar-refractivity contribution in [3.8, 4) is 0 Å². The smallest absolute Gasteiger partial charge is 0.303 e. The van der Waals surface area contributed by atoms with Gasteiger partial charge in [0.25, 0.3) is 0 Å². The van der Waals surface area contributed by atoms with Crippen LogP contribution in [0.3, 0.4) is 0 Å². The van der Waals surface area contributed by atoms with E-state index in [2.05, 4.69) is 10.1 Å². The van der Waals surface area contributed by atoms with Crippen molar-refractivity contribution in [1.29, 1.82) is 0 Å². The Kier molecular flexibility index (Phi) is 3.66. The predicted octanol–water partition coefficient (Wildman–Crippen LogP) is 1.82. The number of benzene rings is 1. The molecule has 6 heteroatoms. The van der Waals surface area contributed by atoms with Crippen molar-refractivity contribution >= 4 is 5.97 Å². The number of carboxylic acid groups (broad SMARTS) is 1. The summed E-state index contributed by atoms with van der Waals surface area (Å²) in [5, 5.41) is 12.2. The monoisotopic (exact) mass is 250 g/mol. The van der Waals surface area contributed by atoms with Crippen molar-refractivity contribution in [3.05, 3.63) is 47.4 Å². The van der Waals surface area contributed by atoms with Gasteiger partial charge in [0.15, 0.2) is 5.82 Å². The molecule has 1 N–H and O–H groups in total. The van der Waals surface area contributed by atoms with Gasteiger partial charge in [-0.15, -0.1) is 0 Å². The second-order valence-corrected chi connectivity index (χ2v) is 3.77. The number of rotatable bonds is 5. The molecule has 0 aliphatic carbocycles. The van der Waals surface area contributed by atoms with E-state index in [1.165, 1.54) is 6.07 Å². The molecule has 0 aliphatic rings. The summed E-state index contributed by atoms with van der Waals surface area (Å²) in [6.45, 7) is 0. The van der Waals surface area contributed by atoms with Crippen LogP contribution >= 0.6 is 0 Å². The minimum absolute atomic E-state index is 0.0569. The molecule has 94 valence electrons. The Hall–Kier alpha value is -2.24. The van der Waals surface area contributed by atoms with E-state index in [0.717, 1.165) is 0 Å². The number of aryl methyl sites for hydroxylation is 1. The Bertz CT molecular complexity index is 554. The van der Waals surface area contributed by atoms with Gasteiger partial charge in [0, 0.05) is 6.42 Å². The second-order valence-electron chi connectivity index (χ2n) is 3.77. The van der Waals surface area contributed by atoms with Crippen LogP contribution in [0.4, 0.5) is 4.39 Å². The fourth-order valence-electron chi connectivity index (χ4n) is 1.49. The van der Waals surface area contributed by atoms with E-state index >= 15 is 0 Å². The highest BCUT2D eigenvalue weighted by atomic mass is 19.1. The third-order valence-electron chi connectivity index (χ3n) is 2.37. The van der Waals surface area contributed by atoms with Crippen LogP contribution < -0.4 is 0 Å². The van der Waals surface area contributed by atoms with Crippen LogP contribution in [0.5, 0.6) is 0 Å². The maximum atomic E-state index is 13.4. The van der Waals surface area contributed by atoms with Gasteiger partial charge in [-0.05, 0) is 11.6 Å². The highest BCUT2D eigenvalue weighted by molar-refractivity contribution is 5.66. The van der Waals surface area contributed by atoms with Gasteiger partial charge in [0.05, 0.1) is 12.8 Å². The molecule has 5 nitrogen and oxygen atoms in total. The molecular weight excluding hydrogens is 239 g/mol. The van der Waals surface area contributed by atoms with Crippen LogP contribution in [0.1, 0.15) is 23.7 Å². The minimum atomic E-state index is -0.921. The SMILES string of the molecule is O=C(O)CCc1noc(Cc2ccccc2F)n1. The standard InChI is InChI=1S/C12H11FN2O3/c13-9-4-2-1-3-8(9)7-11-14-10(15-18-11)5-6-12(16)17/h1-4H,5-7H2,(H,16,17). The highest BCUT2D eigenvalue weighted by Crippen LogP contribution is 2.12. The van der Waals surface area contributed by atoms with Crippen molar-refractivity contribution in [2.75, 3.05) is 0 Å². The van der Waals surface area contributed by atoms with Crippen molar-refractivity contribution in [1.82, 2.24) is 10.1 Å². The number of aliphatic carboxylic acids is 1. The lowest BCUT2D eigenvalue weighted by atomic mass is 10.1. The van der Waals surface area contributed by atoms with Crippen LogP contribution in [0.2, 0.25) is 0 Å². The molecule has 0 aliphatic heterocycles. The number of hydrogen-bond acceptors (Lipinski definition) is 4. The summed E-state index contributed by atoms with van der Waals surface area (Å²) in [5.74, 6) is -0.650. The maximum Gasteiger partial charge on any atom is 0.303 e. The van der Waals surface area contributed by atoms with E-state index in [0.29, 0.717) is 11.4 Å². The van der Waals surface area contributed by atoms with Gasteiger partial charge in [-0.1, -0.05) is 23.4 Å².